The standard InChI is InChI=1S/C14H21BrN2O2S.C2H2O4/c1-2-10-20(18,19)17-8-6-16(7-9-17)12-13-4-3-5-14(15)11-13;3-1(4)2(5)6/h3-5,11H,2,6-10,12H2,1H3;(H,3,4)(H,5,6). The first-order chi connectivity index (χ1) is 12.2. The highest BCUT2D eigenvalue weighted by Gasteiger charge is 2.25. The lowest BCUT2D eigenvalue weighted by molar-refractivity contribution is -0.159. The van der Waals surface area contributed by atoms with Crippen LogP contribution in [0.2, 0.25) is 0 Å². The number of nitrogens with zero attached hydrogens (tertiary/aromatic N) is 2. The zero-order valence-electron chi connectivity index (χ0n) is 14.5. The van der Waals surface area contributed by atoms with Crippen molar-refractivity contribution in [1.29, 1.82) is 0 Å². The molecule has 1 aromatic rings. The minimum atomic E-state index is -3.04. The minimum absolute atomic E-state index is 0.263. The Morgan fingerprint density at radius 2 is 1.69 bits per heavy atom. The van der Waals surface area contributed by atoms with Crippen LogP contribution in [0.4, 0.5) is 0 Å². The van der Waals surface area contributed by atoms with Gasteiger partial charge >= 0.3 is 11.9 Å². The first-order valence-electron chi connectivity index (χ1n) is 8.06. The second kappa shape index (κ2) is 10.6. The summed E-state index contributed by atoms with van der Waals surface area (Å²) < 4.78 is 26.7. The van der Waals surface area contributed by atoms with Crippen molar-refractivity contribution >= 4 is 37.9 Å². The average molecular weight is 451 g/mol. The molecule has 1 aliphatic heterocycles. The van der Waals surface area contributed by atoms with E-state index < -0.39 is 22.0 Å². The highest BCUT2D eigenvalue weighted by molar-refractivity contribution is 9.10. The third-order valence-electron chi connectivity index (χ3n) is 3.66. The largest absolute Gasteiger partial charge is 0.473 e. The molecule has 1 fully saturated rings. The SMILES string of the molecule is CCCS(=O)(=O)N1CCN(Cc2cccc(Br)c2)CC1.O=C(O)C(=O)O. The summed E-state index contributed by atoms with van der Waals surface area (Å²) >= 11 is 3.47. The van der Waals surface area contributed by atoms with E-state index in [2.05, 4.69) is 33.0 Å². The predicted molar refractivity (Wildman–Crippen MR) is 100 cm³/mol. The summed E-state index contributed by atoms with van der Waals surface area (Å²) in [6.45, 7) is 5.60. The van der Waals surface area contributed by atoms with E-state index >= 15 is 0 Å². The Kier molecular flexibility index (Phi) is 9.20. The van der Waals surface area contributed by atoms with Gasteiger partial charge in [0.25, 0.3) is 0 Å². The Labute approximate surface area is 161 Å². The quantitative estimate of drug-likeness (QED) is 0.652. The van der Waals surface area contributed by atoms with Gasteiger partial charge in [-0.15, -0.1) is 0 Å². The lowest BCUT2D eigenvalue weighted by Crippen LogP contribution is -2.48. The smallest absolute Gasteiger partial charge is 0.414 e. The summed E-state index contributed by atoms with van der Waals surface area (Å²) in [5.74, 6) is -3.39. The molecule has 0 aromatic heterocycles. The Morgan fingerprint density at radius 3 is 2.15 bits per heavy atom. The van der Waals surface area contributed by atoms with Crippen LogP contribution in [0, 0.1) is 0 Å². The number of piperazine rings is 1. The number of hydrogen-bond donors (Lipinski definition) is 2. The van der Waals surface area contributed by atoms with Crippen molar-refractivity contribution in [2.24, 2.45) is 0 Å². The number of carboxylic acids is 2. The van der Waals surface area contributed by atoms with Gasteiger partial charge in [0.1, 0.15) is 0 Å². The molecule has 0 aliphatic carbocycles. The summed E-state index contributed by atoms with van der Waals surface area (Å²) in [5.41, 5.74) is 1.25. The molecule has 1 saturated heterocycles. The third kappa shape index (κ3) is 7.81. The van der Waals surface area contributed by atoms with E-state index in [-0.39, 0.29) is 5.75 Å². The summed E-state index contributed by atoms with van der Waals surface area (Å²) in [4.78, 5) is 20.5. The van der Waals surface area contributed by atoms with Crippen molar-refractivity contribution in [3.8, 4) is 0 Å². The fraction of sp³-hybridized carbons (Fsp3) is 0.500. The topological polar surface area (TPSA) is 115 Å². The van der Waals surface area contributed by atoms with E-state index in [1.807, 2.05) is 19.1 Å². The second-order valence-electron chi connectivity index (χ2n) is 5.73. The number of carboxylic acid groups (broad SMARTS) is 2. The van der Waals surface area contributed by atoms with E-state index in [1.54, 1.807) is 4.31 Å². The van der Waals surface area contributed by atoms with E-state index in [0.29, 0.717) is 19.5 Å². The van der Waals surface area contributed by atoms with Crippen LogP contribution in [-0.4, -0.2) is 71.7 Å². The maximum absolute atomic E-state index is 12.0. The normalized spacial score (nSPS) is 15.8. The molecule has 26 heavy (non-hydrogen) atoms. The molecule has 146 valence electrons. The van der Waals surface area contributed by atoms with Gasteiger partial charge in [0.15, 0.2) is 0 Å². The highest BCUT2D eigenvalue weighted by atomic mass is 79.9. The van der Waals surface area contributed by atoms with Crippen LogP contribution in [0.5, 0.6) is 0 Å². The average Bonchev–Trinajstić information content (AvgIpc) is 2.56. The van der Waals surface area contributed by atoms with Gasteiger partial charge < -0.3 is 10.2 Å². The lowest BCUT2D eigenvalue weighted by atomic mass is 10.2. The zero-order chi connectivity index (χ0) is 19.7. The van der Waals surface area contributed by atoms with Crippen LogP contribution < -0.4 is 0 Å². The molecule has 1 heterocycles. The van der Waals surface area contributed by atoms with Gasteiger partial charge in [-0.2, -0.15) is 4.31 Å². The van der Waals surface area contributed by atoms with Crippen molar-refractivity contribution in [1.82, 2.24) is 9.21 Å². The zero-order valence-corrected chi connectivity index (χ0v) is 16.9. The summed E-state index contributed by atoms with van der Waals surface area (Å²) in [6, 6.07) is 8.26. The van der Waals surface area contributed by atoms with Crippen LogP contribution in [0.25, 0.3) is 0 Å². The number of hydrogen-bond acceptors (Lipinski definition) is 5. The van der Waals surface area contributed by atoms with Crippen molar-refractivity contribution in [3.63, 3.8) is 0 Å². The Hall–Kier alpha value is -1.49. The highest BCUT2D eigenvalue weighted by Crippen LogP contribution is 2.15. The third-order valence-corrected chi connectivity index (χ3v) is 6.23. The van der Waals surface area contributed by atoms with Gasteiger partial charge in [-0.25, -0.2) is 18.0 Å². The molecule has 1 aromatic carbocycles. The summed E-state index contributed by atoms with van der Waals surface area (Å²) in [6.07, 6.45) is 0.681. The van der Waals surface area contributed by atoms with Gasteiger partial charge in [0.2, 0.25) is 10.0 Å². The summed E-state index contributed by atoms with van der Waals surface area (Å²) in [5, 5.41) is 14.8. The van der Waals surface area contributed by atoms with Crippen molar-refractivity contribution in [2.45, 2.75) is 19.9 Å². The Bertz CT molecular complexity index is 705. The minimum Gasteiger partial charge on any atom is -0.473 e. The fourth-order valence-electron chi connectivity index (χ4n) is 2.45. The number of aliphatic carboxylic acids is 2. The van der Waals surface area contributed by atoms with E-state index in [9.17, 15) is 8.42 Å². The molecule has 0 radical (unpaired) electrons. The first-order valence-corrected chi connectivity index (χ1v) is 10.5. The van der Waals surface area contributed by atoms with E-state index in [1.165, 1.54) is 5.56 Å². The van der Waals surface area contributed by atoms with Gasteiger partial charge in [-0.05, 0) is 24.1 Å². The molecule has 0 bridgehead atoms. The number of halogens is 1. The monoisotopic (exact) mass is 450 g/mol. The van der Waals surface area contributed by atoms with E-state index in [0.717, 1.165) is 24.1 Å². The molecule has 0 saturated carbocycles. The molecule has 2 N–H and O–H groups in total. The first kappa shape index (κ1) is 22.6. The molecule has 8 nitrogen and oxygen atoms in total. The van der Waals surface area contributed by atoms with Gasteiger partial charge in [-0.3, -0.25) is 4.90 Å². The molecule has 0 atom stereocenters. The van der Waals surface area contributed by atoms with Crippen LogP contribution >= 0.6 is 15.9 Å². The van der Waals surface area contributed by atoms with Crippen molar-refractivity contribution < 1.29 is 28.2 Å². The van der Waals surface area contributed by atoms with Gasteiger partial charge in [0, 0.05) is 37.2 Å². The second-order valence-corrected chi connectivity index (χ2v) is 8.74. The van der Waals surface area contributed by atoms with Gasteiger partial charge in [-0.1, -0.05) is 35.0 Å². The number of benzene rings is 1. The lowest BCUT2D eigenvalue weighted by Gasteiger charge is -2.34. The molecule has 2 rings (SSSR count). The number of sulfonamides is 1. The molecule has 0 amide bonds. The van der Waals surface area contributed by atoms with Crippen LogP contribution in [-0.2, 0) is 26.2 Å². The molecule has 0 unspecified atom stereocenters. The van der Waals surface area contributed by atoms with E-state index in [4.69, 9.17) is 19.8 Å². The number of rotatable bonds is 5. The molecular formula is C16H23BrN2O6S. The predicted octanol–water partition coefficient (Wildman–Crippen LogP) is 1.46. The Morgan fingerprint density at radius 1 is 1.12 bits per heavy atom. The van der Waals surface area contributed by atoms with Crippen LogP contribution in [0.1, 0.15) is 18.9 Å². The maximum atomic E-state index is 12.0. The molecule has 0 spiro atoms. The number of carbonyl (C=O) groups is 2. The Balaban J connectivity index is 0.000000487. The van der Waals surface area contributed by atoms with Gasteiger partial charge in [0.05, 0.1) is 5.75 Å². The molecular weight excluding hydrogens is 428 g/mol. The maximum Gasteiger partial charge on any atom is 0.414 e. The molecule has 10 heteroatoms. The summed E-state index contributed by atoms with van der Waals surface area (Å²) in [7, 11) is -3.04. The van der Waals surface area contributed by atoms with Crippen molar-refractivity contribution in [2.75, 3.05) is 31.9 Å². The fourth-order valence-corrected chi connectivity index (χ4v) is 4.39. The van der Waals surface area contributed by atoms with Crippen LogP contribution in [0.3, 0.4) is 0 Å². The van der Waals surface area contributed by atoms with Crippen molar-refractivity contribution in [3.05, 3.63) is 34.3 Å². The van der Waals surface area contributed by atoms with Crippen LogP contribution in [0.15, 0.2) is 28.7 Å². The molecule has 1 aliphatic rings.